The zero-order valence-corrected chi connectivity index (χ0v) is 13.2. The third kappa shape index (κ3) is 135. The van der Waals surface area contributed by atoms with Gasteiger partial charge < -0.3 is 0 Å². The lowest BCUT2D eigenvalue weighted by Crippen LogP contribution is -1.64. The van der Waals surface area contributed by atoms with Gasteiger partial charge in [0, 0.05) is 6.54 Å². The average molecular weight is 235 g/mol. The van der Waals surface area contributed by atoms with Crippen molar-refractivity contribution in [3.8, 4) is 0 Å². The molecule has 0 aromatic heterocycles. The molecule has 1 nitrogen and oxygen atoms in total. The van der Waals surface area contributed by atoms with E-state index in [0.29, 0.717) is 0 Å². The highest BCUT2D eigenvalue weighted by atomic mass is 32.2. The molecule has 0 aromatic carbocycles. The van der Waals surface area contributed by atoms with Crippen LogP contribution >= 0.6 is 11.8 Å². The van der Waals surface area contributed by atoms with E-state index in [-0.39, 0.29) is 0 Å². The smallest absolute Gasteiger partial charge is 0.0582 e. The van der Waals surface area contributed by atoms with Crippen LogP contribution in [-0.4, -0.2) is 12.1 Å². The summed E-state index contributed by atoms with van der Waals surface area (Å²) < 4.78 is 0. The summed E-state index contributed by atoms with van der Waals surface area (Å²) in [5.74, 6) is 0. The highest BCUT2D eigenvalue weighted by molar-refractivity contribution is 8.14. The quantitative estimate of drug-likeness (QED) is 0.430. The van der Waals surface area contributed by atoms with Crippen LogP contribution in [0.1, 0.15) is 62.3 Å². The molecule has 0 aliphatic rings. The molecule has 0 aliphatic heterocycles. The van der Waals surface area contributed by atoms with Gasteiger partial charge >= 0.3 is 0 Å². The molecule has 0 saturated heterocycles. The first kappa shape index (κ1) is 29.3. The van der Waals surface area contributed by atoms with Gasteiger partial charge in [-0.15, -0.1) is 0 Å². The summed E-state index contributed by atoms with van der Waals surface area (Å²) in [6, 6.07) is 0. The summed E-state index contributed by atoms with van der Waals surface area (Å²) in [7, 11) is 0. The Morgan fingerprint density at radius 3 is 1.47 bits per heavy atom. The maximum Gasteiger partial charge on any atom is 0.0582 e. The van der Waals surface area contributed by atoms with Crippen LogP contribution in [0.3, 0.4) is 0 Å². The standard InChI is InChI=1S/C5H9NS.4C2H6/c1-3-6-5-7-4-2;4*1-2/h4-5H,2-3H2,1H3;4*1-2H3. The zero-order chi connectivity index (χ0) is 13.5. The third-order valence-corrected chi connectivity index (χ3v) is 0.877. The molecule has 96 valence electrons. The minimum atomic E-state index is 0.862. The summed E-state index contributed by atoms with van der Waals surface area (Å²) in [5, 5.41) is 1.75. The van der Waals surface area contributed by atoms with E-state index in [1.165, 1.54) is 11.8 Å². The van der Waals surface area contributed by atoms with Crippen LogP contribution in [0.25, 0.3) is 0 Å². The Bertz CT molecular complexity index is 70.9. The first-order chi connectivity index (χ1) is 7.41. The lowest BCUT2D eigenvalue weighted by atomic mass is 10.8. The second-order valence-corrected chi connectivity index (χ2v) is 1.72. The molecule has 0 unspecified atom stereocenters. The van der Waals surface area contributed by atoms with E-state index in [1.807, 2.05) is 62.3 Å². The predicted molar refractivity (Wildman–Crippen MR) is 82.2 cm³/mol. The van der Waals surface area contributed by atoms with E-state index < -0.39 is 0 Å². The van der Waals surface area contributed by atoms with Crippen LogP contribution in [0.5, 0.6) is 0 Å². The number of aliphatic imine (C=N–C) groups is 1. The SMILES string of the molecule is C=CSC=NCC.CC.CC.CC.CC. The van der Waals surface area contributed by atoms with Gasteiger partial charge in [-0.05, 0) is 12.3 Å². The Morgan fingerprint density at radius 1 is 0.933 bits per heavy atom. The molecule has 0 spiro atoms. The second-order valence-electron chi connectivity index (χ2n) is 0.907. The van der Waals surface area contributed by atoms with Crippen molar-refractivity contribution in [2.75, 3.05) is 6.54 Å². The molecule has 2 heteroatoms. The normalized spacial score (nSPS) is 6.20. The van der Waals surface area contributed by atoms with Crippen LogP contribution in [0.4, 0.5) is 0 Å². The third-order valence-electron chi connectivity index (χ3n) is 0.414. The van der Waals surface area contributed by atoms with Crippen molar-refractivity contribution in [2.45, 2.75) is 62.3 Å². The van der Waals surface area contributed by atoms with E-state index in [9.17, 15) is 0 Å². The molecule has 0 fully saturated rings. The lowest BCUT2D eigenvalue weighted by molar-refractivity contribution is 1.15. The van der Waals surface area contributed by atoms with Crippen molar-refractivity contribution in [1.82, 2.24) is 0 Å². The molecule has 0 rings (SSSR count). The lowest BCUT2D eigenvalue weighted by Gasteiger charge is -1.75. The van der Waals surface area contributed by atoms with Gasteiger partial charge in [-0.25, -0.2) is 0 Å². The minimum Gasteiger partial charge on any atom is -0.286 e. The van der Waals surface area contributed by atoms with E-state index in [1.54, 1.807) is 11.0 Å². The summed E-state index contributed by atoms with van der Waals surface area (Å²) in [4.78, 5) is 3.93. The van der Waals surface area contributed by atoms with Crippen LogP contribution in [0.15, 0.2) is 17.0 Å². The topological polar surface area (TPSA) is 12.4 Å². The Morgan fingerprint density at radius 2 is 1.27 bits per heavy atom. The van der Waals surface area contributed by atoms with Crippen molar-refractivity contribution in [3.63, 3.8) is 0 Å². The van der Waals surface area contributed by atoms with Gasteiger partial charge in [-0.2, -0.15) is 0 Å². The second kappa shape index (κ2) is 98.9. The molecule has 0 N–H and O–H groups in total. The molecule has 15 heavy (non-hydrogen) atoms. The minimum absolute atomic E-state index is 0.862. The Kier molecular flexibility index (Phi) is 193. The van der Waals surface area contributed by atoms with Crippen molar-refractivity contribution in [3.05, 3.63) is 12.0 Å². The number of hydrogen-bond acceptors (Lipinski definition) is 2. The first-order valence-electron chi connectivity index (χ1n) is 6.16. The molecule has 0 radical (unpaired) electrons. The zero-order valence-electron chi connectivity index (χ0n) is 12.4. The fraction of sp³-hybridized carbons (Fsp3) is 0.769. The summed E-state index contributed by atoms with van der Waals surface area (Å²) in [6.45, 7) is 22.4. The monoisotopic (exact) mass is 235 g/mol. The van der Waals surface area contributed by atoms with Crippen molar-refractivity contribution >= 4 is 17.3 Å². The van der Waals surface area contributed by atoms with Gasteiger partial charge in [-0.1, -0.05) is 73.7 Å². The van der Waals surface area contributed by atoms with Crippen LogP contribution in [-0.2, 0) is 0 Å². The highest BCUT2D eigenvalue weighted by Gasteiger charge is 1.63. The number of hydrogen-bond donors (Lipinski definition) is 0. The molecule has 0 atom stereocenters. The molecule has 0 amide bonds. The predicted octanol–water partition coefficient (Wildman–Crippen LogP) is 6.02. The fourth-order valence-corrected chi connectivity index (χ4v) is 0.482. The van der Waals surface area contributed by atoms with E-state index in [2.05, 4.69) is 11.6 Å². The van der Waals surface area contributed by atoms with Gasteiger partial charge in [0.1, 0.15) is 0 Å². The molecule has 0 heterocycles. The van der Waals surface area contributed by atoms with Gasteiger partial charge in [-0.3, -0.25) is 4.99 Å². The molecular formula is C13H33NS. The van der Waals surface area contributed by atoms with Crippen LogP contribution < -0.4 is 0 Å². The van der Waals surface area contributed by atoms with Gasteiger partial charge in [0.25, 0.3) is 0 Å². The molecule has 0 aliphatic carbocycles. The number of thioether (sulfide) groups is 1. The molecule has 0 aromatic rings. The Labute approximate surface area is 103 Å². The van der Waals surface area contributed by atoms with Crippen molar-refractivity contribution in [2.24, 2.45) is 4.99 Å². The van der Waals surface area contributed by atoms with E-state index >= 15 is 0 Å². The van der Waals surface area contributed by atoms with Crippen LogP contribution in [0, 0.1) is 0 Å². The largest absolute Gasteiger partial charge is 0.286 e. The number of rotatable bonds is 3. The Balaban J connectivity index is -0.0000000353. The van der Waals surface area contributed by atoms with Crippen molar-refractivity contribution in [1.29, 1.82) is 0 Å². The molecule has 0 bridgehead atoms. The molecular weight excluding hydrogens is 202 g/mol. The average Bonchev–Trinajstić information content (AvgIpc) is 2.40. The maximum absolute atomic E-state index is 3.93. The van der Waals surface area contributed by atoms with E-state index in [0.717, 1.165) is 6.54 Å². The Hall–Kier alpha value is -0.240. The summed E-state index contributed by atoms with van der Waals surface area (Å²) in [6.07, 6.45) is 0. The maximum atomic E-state index is 3.93. The van der Waals surface area contributed by atoms with Gasteiger partial charge in [0.15, 0.2) is 0 Å². The fourth-order valence-electron chi connectivity index (χ4n) is 0.161. The van der Waals surface area contributed by atoms with Crippen molar-refractivity contribution < 1.29 is 0 Å². The molecule has 0 saturated carbocycles. The summed E-state index contributed by atoms with van der Waals surface area (Å²) in [5.41, 5.74) is 1.78. The van der Waals surface area contributed by atoms with Crippen LogP contribution in [0.2, 0.25) is 0 Å². The van der Waals surface area contributed by atoms with E-state index in [4.69, 9.17) is 0 Å². The highest BCUT2D eigenvalue weighted by Crippen LogP contribution is 1.91. The van der Waals surface area contributed by atoms with Gasteiger partial charge in [0.05, 0.1) is 5.55 Å². The first-order valence-corrected chi connectivity index (χ1v) is 7.10. The summed E-state index contributed by atoms with van der Waals surface area (Å²) >= 11 is 1.50. The number of nitrogens with zero attached hydrogens (tertiary/aromatic N) is 1. The van der Waals surface area contributed by atoms with Gasteiger partial charge in [0.2, 0.25) is 0 Å².